The number of nitrogens with zero attached hydrogens (tertiary/aromatic N) is 2. The number of hydrogen-bond donors (Lipinski definition) is 0. The highest BCUT2D eigenvalue weighted by atomic mass is 32.2. The molecule has 6 heteroatoms. The molecule has 0 aromatic heterocycles. The molecule has 0 atom stereocenters. The number of sulfonamides is 1. The normalized spacial score (nSPS) is 33.8. The number of piperazine rings is 1. The Labute approximate surface area is 185 Å². The lowest BCUT2D eigenvalue weighted by atomic mass is 9.52. The monoisotopic (exact) mass is 440 g/mol. The first-order valence-corrected chi connectivity index (χ1v) is 13.2. The molecule has 0 amide bonds. The second-order valence-corrected chi connectivity index (χ2v) is 12.3. The summed E-state index contributed by atoms with van der Waals surface area (Å²) in [5.74, 6) is 3.46. The summed E-state index contributed by atoms with van der Waals surface area (Å²) in [4.78, 5) is 3.07. The fraction of sp³-hybridized carbons (Fsp3) is 0.600. The minimum absolute atomic E-state index is 0.359. The van der Waals surface area contributed by atoms with Crippen LogP contribution in [0.5, 0.6) is 5.75 Å². The van der Waals surface area contributed by atoms with Crippen LogP contribution in [0.25, 0.3) is 10.8 Å². The van der Waals surface area contributed by atoms with Crippen LogP contribution >= 0.6 is 0 Å². The predicted octanol–water partition coefficient (Wildman–Crippen LogP) is 4.12. The van der Waals surface area contributed by atoms with Crippen molar-refractivity contribution < 1.29 is 13.2 Å². The predicted molar refractivity (Wildman–Crippen MR) is 122 cm³/mol. The van der Waals surface area contributed by atoms with Crippen molar-refractivity contribution in [3.8, 4) is 5.75 Å². The molecule has 31 heavy (non-hydrogen) atoms. The van der Waals surface area contributed by atoms with Gasteiger partial charge in [-0.3, -0.25) is 4.90 Å². The minimum atomic E-state index is -3.54. The summed E-state index contributed by atoms with van der Waals surface area (Å²) in [6.45, 7) is 2.90. The van der Waals surface area contributed by atoms with E-state index in [1.807, 2.05) is 24.3 Å². The van der Waals surface area contributed by atoms with Gasteiger partial charge in [0.15, 0.2) is 0 Å². The summed E-state index contributed by atoms with van der Waals surface area (Å²) in [5, 5.41) is 1.59. The lowest BCUT2D eigenvalue weighted by Crippen LogP contribution is -2.64. The number of rotatable bonds is 4. The molecule has 7 rings (SSSR count). The van der Waals surface area contributed by atoms with Crippen molar-refractivity contribution in [2.24, 2.45) is 17.8 Å². The third-order valence-corrected chi connectivity index (χ3v) is 10.6. The molecular formula is C25H32N2O3S. The molecule has 0 radical (unpaired) electrons. The molecular weight excluding hydrogens is 408 g/mol. The van der Waals surface area contributed by atoms with Crippen molar-refractivity contribution in [1.82, 2.24) is 9.21 Å². The molecule has 0 N–H and O–H groups in total. The van der Waals surface area contributed by atoms with Crippen LogP contribution in [0.1, 0.15) is 38.5 Å². The molecule has 5 fully saturated rings. The number of ether oxygens (including phenoxy) is 1. The topological polar surface area (TPSA) is 49.9 Å². The lowest BCUT2D eigenvalue weighted by molar-refractivity contribution is -0.0964. The molecule has 2 aromatic rings. The fourth-order valence-electron chi connectivity index (χ4n) is 7.64. The van der Waals surface area contributed by atoms with Gasteiger partial charge in [0.05, 0.1) is 12.0 Å². The quantitative estimate of drug-likeness (QED) is 0.718. The Kier molecular flexibility index (Phi) is 4.64. The summed E-state index contributed by atoms with van der Waals surface area (Å²) in [6.07, 6.45) is 8.35. The smallest absolute Gasteiger partial charge is 0.243 e. The zero-order valence-electron chi connectivity index (χ0n) is 18.3. The van der Waals surface area contributed by atoms with Gasteiger partial charge in [-0.15, -0.1) is 0 Å². The van der Waals surface area contributed by atoms with Crippen molar-refractivity contribution in [1.29, 1.82) is 0 Å². The third kappa shape index (κ3) is 3.13. The minimum Gasteiger partial charge on any atom is -0.496 e. The molecule has 0 unspecified atom stereocenters. The largest absolute Gasteiger partial charge is 0.496 e. The summed E-state index contributed by atoms with van der Waals surface area (Å²) in [7, 11) is -1.92. The summed E-state index contributed by atoms with van der Waals surface area (Å²) in [6, 6.07) is 11.1. The molecule has 1 heterocycles. The molecule has 1 saturated heterocycles. The molecule has 4 aliphatic carbocycles. The average Bonchev–Trinajstić information content (AvgIpc) is 2.77. The van der Waals surface area contributed by atoms with Crippen LogP contribution in [0, 0.1) is 17.8 Å². The first-order valence-electron chi connectivity index (χ1n) is 11.8. The third-order valence-electron chi connectivity index (χ3n) is 8.60. The van der Waals surface area contributed by atoms with E-state index in [9.17, 15) is 8.42 Å². The van der Waals surface area contributed by atoms with Crippen LogP contribution in [0.2, 0.25) is 0 Å². The number of fused-ring (bicyclic) bond motifs is 1. The molecule has 0 spiro atoms. The maximum atomic E-state index is 13.6. The van der Waals surface area contributed by atoms with E-state index >= 15 is 0 Å². The summed E-state index contributed by atoms with van der Waals surface area (Å²) >= 11 is 0. The average molecular weight is 441 g/mol. The van der Waals surface area contributed by atoms with Crippen LogP contribution in [0.3, 0.4) is 0 Å². The van der Waals surface area contributed by atoms with Crippen molar-refractivity contribution in [2.45, 2.75) is 49.0 Å². The van der Waals surface area contributed by atoms with Gasteiger partial charge < -0.3 is 4.74 Å². The van der Waals surface area contributed by atoms with E-state index < -0.39 is 10.0 Å². The van der Waals surface area contributed by atoms with E-state index in [-0.39, 0.29) is 0 Å². The molecule has 166 valence electrons. The van der Waals surface area contributed by atoms with E-state index in [0.717, 1.165) is 41.6 Å². The highest BCUT2D eigenvalue weighted by Gasteiger charge is 2.54. The van der Waals surface area contributed by atoms with E-state index in [4.69, 9.17) is 4.74 Å². The molecule has 2 aromatic carbocycles. The maximum Gasteiger partial charge on any atom is 0.243 e. The standard InChI is InChI=1S/C25H32N2O3S/c1-30-23-6-7-24(22-5-3-2-4-21(22)23)31(28,29)27-10-8-26(9-11-27)25-15-18-12-19(16-25)14-20(13-18)17-25/h2-7,18-20H,8-17H2,1H3. The van der Waals surface area contributed by atoms with Gasteiger partial charge in [0.1, 0.15) is 5.75 Å². The maximum absolute atomic E-state index is 13.6. The van der Waals surface area contributed by atoms with Crippen LogP contribution in [-0.4, -0.2) is 56.5 Å². The number of hydrogen-bond acceptors (Lipinski definition) is 4. The SMILES string of the molecule is COc1ccc(S(=O)(=O)N2CCN(C34CC5CC(CC(C5)C3)C4)CC2)c2ccccc12. The summed E-state index contributed by atoms with van der Waals surface area (Å²) < 4.78 is 34.4. The van der Waals surface area contributed by atoms with Crippen LogP contribution in [0.15, 0.2) is 41.3 Å². The van der Waals surface area contributed by atoms with Crippen molar-refractivity contribution in [3.05, 3.63) is 36.4 Å². The Morgan fingerprint density at radius 2 is 1.42 bits per heavy atom. The van der Waals surface area contributed by atoms with Crippen molar-refractivity contribution >= 4 is 20.8 Å². The van der Waals surface area contributed by atoms with Gasteiger partial charge in [-0.1, -0.05) is 24.3 Å². The number of methoxy groups -OCH3 is 1. The Hall–Kier alpha value is -1.63. The Morgan fingerprint density at radius 1 is 0.839 bits per heavy atom. The molecule has 4 saturated carbocycles. The fourth-order valence-corrected chi connectivity index (χ4v) is 9.26. The van der Waals surface area contributed by atoms with Crippen molar-refractivity contribution in [3.63, 3.8) is 0 Å². The van der Waals surface area contributed by atoms with Gasteiger partial charge in [0.25, 0.3) is 0 Å². The van der Waals surface area contributed by atoms with E-state index in [0.29, 0.717) is 29.3 Å². The van der Waals surface area contributed by atoms with Crippen LogP contribution in [-0.2, 0) is 10.0 Å². The van der Waals surface area contributed by atoms with E-state index in [2.05, 4.69) is 4.90 Å². The first kappa shape index (κ1) is 20.0. The zero-order valence-corrected chi connectivity index (χ0v) is 19.1. The lowest BCUT2D eigenvalue weighted by Gasteiger charge is -2.61. The van der Waals surface area contributed by atoms with E-state index in [1.54, 1.807) is 23.5 Å². The number of benzene rings is 2. The molecule has 1 aliphatic heterocycles. The Balaban J connectivity index is 1.24. The first-order chi connectivity index (χ1) is 15.0. The van der Waals surface area contributed by atoms with Crippen LogP contribution < -0.4 is 4.74 Å². The second kappa shape index (κ2) is 7.19. The van der Waals surface area contributed by atoms with Gasteiger partial charge in [-0.2, -0.15) is 4.31 Å². The molecule has 5 nitrogen and oxygen atoms in total. The molecule has 5 aliphatic rings. The Bertz CT molecular complexity index is 1070. The Morgan fingerprint density at radius 3 is 2.00 bits per heavy atom. The van der Waals surface area contributed by atoms with Gasteiger partial charge in [-0.05, 0) is 68.4 Å². The van der Waals surface area contributed by atoms with Crippen LogP contribution in [0.4, 0.5) is 0 Å². The molecule has 4 bridgehead atoms. The van der Waals surface area contributed by atoms with Gasteiger partial charge in [0.2, 0.25) is 10.0 Å². The highest BCUT2D eigenvalue weighted by Crippen LogP contribution is 2.57. The zero-order chi connectivity index (χ0) is 21.2. The van der Waals surface area contributed by atoms with Gasteiger partial charge >= 0.3 is 0 Å². The van der Waals surface area contributed by atoms with Gasteiger partial charge in [0, 0.05) is 42.5 Å². The van der Waals surface area contributed by atoms with Crippen molar-refractivity contribution in [2.75, 3.05) is 33.3 Å². The second-order valence-electron chi connectivity index (χ2n) is 10.3. The summed E-state index contributed by atoms with van der Waals surface area (Å²) in [5.41, 5.74) is 0.359. The van der Waals surface area contributed by atoms with Gasteiger partial charge in [-0.25, -0.2) is 8.42 Å². The highest BCUT2D eigenvalue weighted by molar-refractivity contribution is 7.89. The van der Waals surface area contributed by atoms with E-state index in [1.165, 1.54) is 38.5 Å².